The second-order valence-electron chi connectivity index (χ2n) is 17.2. The minimum Gasteiger partial charge on any atom is -1.00 e. The van der Waals surface area contributed by atoms with E-state index in [9.17, 15) is 9.59 Å². The van der Waals surface area contributed by atoms with Crippen molar-refractivity contribution in [1.29, 1.82) is 0 Å². The van der Waals surface area contributed by atoms with Gasteiger partial charge in [-0.05, 0) is 84.7 Å². The van der Waals surface area contributed by atoms with Crippen molar-refractivity contribution in [2.45, 2.75) is 77.0 Å². The van der Waals surface area contributed by atoms with Crippen molar-refractivity contribution in [2.75, 3.05) is 36.0 Å². The molecule has 2 aromatic carbocycles. The average Bonchev–Trinajstić information content (AvgIpc) is 3.15. The molecule has 0 radical (unpaired) electrons. The molecule has 4 aromatic heterocycles. The summed E-state index contributed by atoms with van der Waals surface area (Å²) >= 11 is 0. The Morgan fingerprint density at radius 3 is 1.70 bits per heavy atom. The van der Waals surface area contributed by atoms with Crippen molar-refractivity contribution in [3.8, 4) is 22.3 Å². The van der Waals surface area contributed by atoms with E-state index in [0.717, 1.165) is 91.3 Å². The molecule has 0 atom stereocenters. The van der Waals surface area contributed by atoms with Gasteiger partial charge in [-0.15, -0.1) is 0 Å². The molecule has 10 rings (SSSR count). The van der Waals surface area contributed by atoms with Crippen LogP contribution in [0.5, 0.6) is 0 Å². The molecule has 0 saturated carbocycles. The van der Waals surface area contributed by atoms with Gasteiger partial charge in [0.05, 0.1) is 11.1 Å². The van der Waals surface area contributed by atoms with E-state index in [1.165, 1.54) is 40.0 Å². The number of hydrogen-bond donors (Lipinski definition) is 0. The number of hydrogen-bond acceptors (Lipinski definition) is 6. The Labute approximate surface area is 349 Å². The summed E-state index contributed by atoms with van der Waals surface area (Å²) in [6.07, 6.45) is 14.5. The van der Waals surface area contributed by atoms with Gasteiger partial charge in [0, 0.05) is 94.8 Å². The summed E-state index contributed by atoms with van der Waals surface area (Å²) in [5.41, 5.74) is 12.1. The van der Waals surface area contributed by atoms with Crippen LogP contribution in [0.4, 0.5) is 11.4 Å². The molecule has 0 N–H and O–H groups in total. The van der Waals surface area contributed by atoms with E-state index in [2.05, 4.69) is 49.6 Å². The Morgan fingerprint density at radius 1 is 0.607 bits per heavy atom. The van der Waals surface area contributed by atoms with Crippen LogP contribution in [-0.2, 0) is 37.8 Å². The lowest BCUT2D eigenvalue weighted by atomic mass is 9.69. The highest BCUT2D eigenvalue weighted by atomic mass is 79.9. The van der Waals surface area contributed by atoms with E-state index in [1.54, 1.807) is 0 Å². The van der Waals surface area contributed by atoms with Gasteiger partial charge in [-0.2, -0.15) is 0 Å². The maximum absolute atomic E-state index is 13.0. The molecule has 0 fully saturated rings. The first-order valence-electron chi connectivity index (χ1n) is 19.6. The minimum absolute atomic E-state index is 0. The molecule has 8 nitrogen and oxygen atoms in total. The Kier molecular flexibility index (Phi) is 10.6. The molecule has 0 amide bonds. The van der Waals surface area contributed by atoms with Crippen LogP contribution in [0.3, 0.4) is 0 Å². The van der Waals surface area contributed by atoms with Gasteiger partial charge < -0.3 is 52.6 Å². The highest BCUT2D eigenvalue weighted by Gasteiger charge is 2.42. The molecule has 0 saturated heterocycles. The SMILES string of the molecule is C[n+]1ccc(-c2cc3cc4c5c(c3oc2=O)C(C)(C)CCN5CCC4(C)C)cc1.C[n+]1ccc(-c2cc3cc4c5c(c3oc2=O)CCCN5CCC4)cc1.[Br-].[Br-]. The maximum Gasteiger partial charge on any atom is 0.344 e. The second kappa shape index (κ2) is 14.9. The van der Waals surface area contributed by atoms with E-state index in [1.807, 2.05) is 84.4 Å². The first-order valence-corrected chi connectivity index (χ1v) is 19.6. The smallest absolute Gasteiger partial charge is 0.344 e. The van der Waals surface area contributed by atoms with Gasteiger partial charge >= 0.3 is 11.3 Å². The molecule has 56 heavy (non-hydrogen) atoms. The van der Waals surface area contributed by atoms with Crippen LogP contribution in [0.25, 0.3) is 44.2 Å². The second-order valence-corrected chi connectivity index (χ2v) is 17.2. The highest BCUT2D eigenvalue weighted by molar-refractivity contribution is 5.93. The van der Waals surface area contributed by atoms with E-state index in [4.69, 9.17) is 8.83 Å². The summed E-state index contributed by atoms with van der Waals surface area (Å²) in [4.78, 5) is 30.7. The van der Waals surface area contributed by atoms with Crippen LogP contribution in [0, 0.1) is 0 Å². The van der Waals surface area contributed by atoms with E-state index in [-0.39, 0.29) is 56.0 Å². The first-order chi connectivity index (χ1) is 25.9. The first kappa shape index (κ1) is 39.9. The third-order valence-electron chi connectivity index (χ3n) is 12.5. The fourth-order valence-electron chi connectivity index (χ4n) is 9.36. The van der Waals surface area contributed by atoms with Crippen LogP contribution < -0.4 is 64.1 Å². The van der Waals surface area contributed by atoms with Crippen LogP contribution in [-0.4, -0.2) is 26.2 Å². The topological polar surface area (TPSA) is 74.7 Å². The van der Waals surface area contributed by atoms with Crippen molar-refractivity contribution in [1.82, 2.24) is 0 Å². The zero-order valence-corrected chi connectivity index (χ0v) is 36.3. The number of rotatable bonds is 2. The fourth-order valence-corrected chi connectivity index (χ4v) is 9.36. The number of fused-ring (bicyclic) bond motifs is 4. The van der Waals surface area contributed by atoms with Crippen LogP contribution in [0.1, 0.15) is 75.6 Å². The van der Waals surface area contributed by atoms with Crippen molar-refractivity contribution >= 4 is 33.3 Å². The Hall–Kier alpha value is -4.28. The van der Waals surface area contributed by atoms with Gasteiger partial charge in [-0.25, -0.2) is 18.7 Å². The normalized spacial score (nSPS) is 17.2. The van der Waals surface area contributed by atoms with Gasteiger partial charge in [0.15, 0.2) is 24.8 Å². The molecule has 4 aliphatic rings. The summed E-state index contributed by atoms with van der Waals surface area (Å²) in [6.45, 7) is 13.6. The lowest BCUT2D eigenvalue weighted by Crippen LogP contribution is -3.00. The summed E-state index contributed by atoms with van der Waals surface area (Å²) in [5, 5.41) is 2.09. The van der Waals surface area contributed by atoms with Crippen LogP contribution in [0.2, 0.25) is 0 Å². The molecule has 6 aromatic rings. The van der Waals surface area contributed by atoms with E-state index in [0.29, 0.717) is 11.1 Å². The van der Waals surface area contributed by atoms with Gasteiger partial charge in [0.1, 0.15) is 25.3 Å². The zero-order valence-electron chi connectivity index (χ0n) is 33.2. The number of aromatic nitrogens is 2. The van der Waals surface area contributed by atoms with Gasteiger partial charge in [0.25, 0.3) is 0 Å². The van der Waals surface area contributed by atoms with Crippen LogP contribution >= 0.6 is 0 Å². The predicted molar refractivity (Wildman–Crippen MR) is 215 cm³/mol. The van der Waals surface area contributed by atoms with E-state index >= 15 is 0 Å². The molecule has 0 aliphatic carbocycles. The summed E-state index contributed by atoms with van der Waals surface area (Å²) < 4.78 is 15.8. The lowest BCUT2D eigenvalue weighted by molar-refractivity contribution is -0.671. The van der Waals surface area contributed by atoms with Gasteiger partial charge in [-0.1, -0.05) is 27.7 Å². The van der Waals surface area contributed by atoms with Crippen molar-refractivity contribution in [2.24, 2.45) is 14.1 Å². The monoisotopic (exact) mass is 880 g/mol. The van der Waals surface area contributed by atoms with Crippen molar-refractivity contribution < 1.29 is 51.9 Å². The third-order valence-corrected chi connectivity index (χ3v) is 12.5. The molecule has 8 heterocycles. The quantitative estimate of drug-likeness (QED) is 0.194. The largest absolute Gasteiger partial charge is 1.00 e. The number of anilines is 2. The number of aryl methyl sites for hydroxylation is 4. The van der Waals surface area contributed by atoms with Crippen molar-refractivity contribution in [3.63, 3.8) is 0 Å². The number of pyridine rings is 2. The van der Waals surface area contributed by atoms with Gasteiger partial charge in [-0.3, -0.25) is 0 Å². The summed E-state index contributed by atoms with van der Waals surface area (Å²) in [6, 6.07) is 16.4. The Bertz CT molecular complexity index is 2590. The van der Waals surface area contributed by atoms with Crippen LogP contribution in [0.15, 0.2) is 91.7 Å². The summed E-state index contributed by atoms with van der Waals surface area (Å²) in [7, 11) is 3.94. The molecular weight excluding hydrogens is 832 g/mol. The lowest BCUT2D eigenvalue weighted by Gasteiger charge is -2.48. The Balaban J connectivity index is 0.000000167. The highest BCUT2D eigenvalue weighted by Crippen LogP contribution is 2.52. The van der Waals surface area contributed by atoms with E-state index < -0.39 is 0 Å². The molecular formula is C46H50Br2N4O4. The molecule has 0 unspecified atom stereocenters. The molecule has 4 aliphatic heterocycles. The number of halogens is 2. The molecule has 0 spiro atoms. The standard InChI is InChI=1S/C25H29N2O2.C21H21N2O2.2BrH/c1-24(2)8-12-27-13-9-25(3,4)20-21(27)19(24)15-17-14-18(23(28)29-22(17)20)16-6-10-26(5)11-7-16;1-22-10-6-14(7-11-22)18-13-16-12-15-4-2-8-23-9-3-5-17(19(15)23)20(16)25-21(18)24;;/h6-7,10-11,14-15H,8-9,12-13H2,1-5H3;6-7,10-13H,2-5,8-9H2,1H3;2*1H/q2*+1;;/p-2. The average molecular weight is 883 g/mol. The van der Waals surface area contributed by atoms with Crippen molar-refractivity contribution in [3.05, 3.63) is 116 Å². The molecule has 10 heteroatoms. The number of nitrogens with zero attached hydrogens (tertiary/aromatic N) is 4. The number of benzene rings is 2. The fraction of sp³-hybridized carbons (Fsp3) is 0.391. The Morgan fingerprint density at radius 2 is 1.11 bits per heavy atom. The third kappa shape index (κ3) is 6.80. The summed E-state index contributed by atoms with van der Waals surface area (Å²) in [5.74, 6) is 0. The molecule has 0 bridgehead atoms. The predicted octanol–water partition coefficient (Wildman–Crippen LogP) is 1.44. The van der Waals surface area contributed by atoms with Gasteiger partial charge in [0.2, 0.25) is 0 Å². The maximum atomic E-state index is 13.0. The minimum atomic E-state index is -0.259. The zero-order chi connectivity index (χ0) is 37.5. The molecule has 292 valence electrons.